The van der Waals surface area contributed by atoms with Crippen molar-refractivity contribution >= 4 is 15.9 Å². The van der Waals surface area contributed by atoms with E-state index < -0.39 is 0 Å². The fourth-order valence-corrected chi connectivity index (χ4v) is 2.11. The Hall–Kier alpha value is -1.64. The molecule has 0 fully saturated rings. The minimum absolute atomic E-state index is 0.393. The molecule has 2 aromatic rings. The van der Waals surface area contributed by atoms with Crippen LogP contribution in [0.3, 0.4) is 0 Å². The Morgan fingerprint density at radius 3 is 3.06 bits per heavy atom. The Kier molecular flexibility index (Phi) is 3.57. The predicted octanol–water partition coefficient (Wildman–Crippen LogP) is 2.23. The fraction of sp³-hybridized carbons (Fsp3) is 0.167. The highest BCUT2D eigenvalue weighted by Crippen LogP contribution is 2.21. The van der Waals surface area contributed by atoms with Gasteiger partial charge in [0.2, 0.25) is 5.82 Å². The molecule has 0 bridgehead atoms. The van der Waals surface area contributed by atoms with Gasteiger partial charge in [-0.3, -0.25) is 4.57 Å². The lowest BCUT2D eigenvalue weighted by Gasteiger charge is -2.11. The molecule has 1 aromatic heterocycles. The van der Waals surface area contributed by atoms with E-state index in [-0.39, 0.29) is 0 Å². The average Bonchev–Trinajstić information content (AvgIpc) is 2.78. The Balaban J connectivity index is 2.55. The molecular formula is C12H11BrN4. The van der Waals surface area contributed by atoms with Gasteiger partial charge in [-0.1, -0.05) is 15.9 Å². The van der Waals surface area contributed by atoms with Gasteiger partial charge in [-0.15, -0.1) is 0 Å². The minimum Gasteiger partial charge on any atom is -0.316 e. The first-order chi connectivity index (χ1) is 8.26. The van der Waals surface area contributed by atoms with E-state index in [9.17, 15) is 0 Å². The number of aromatic nitrogens is 2. The highest BCUT2D eigenvalue weighted by atomic mass is 79.9. The number of benzene rings is 1. The molecular weight excluding hydrogens is 280 g/mol. The Morgan fingerprint density at radius 1 is 1.53 bits per heavy atom. The van der Waals surface area contributed by atoms with Crippen LogP contribution in [0.5, 0.6) is 0 Å². The van der Waals surface area contributed by atoms with Gasteiger partial charge < -0.3 is 5.32 Å². The van der Waals surface area contributed by atoms with Crippen LogP contribution in [0, 0.1) is 11.3 Å². The molecule has 2 rings (SSSR count). The van der Waals surface area contributed by atoms with Crippen LogP contribution in [0.4, 0.5) is 0 Å². The summed E-state index contributed by atoms with van der Waals surface area (Å²) in [5.74, 6) is 0.393. The molecule has 0 aliphatic rings. The normalized spacial score (nSPS) is 10.2. The molecule has 0 aliphatic heterocycles. The molecule has 0 radical (unpaired) electrons. The van der Waals surface area contributed by atoms with Crippen LogP contribution in [-0.2, 0) is 6.54 Å². The van der Waals surface area contributed by atoms with Crippen molar-refractivity contribution in [2.24, 2.45) is 0 Å². The molecule has 17 heavy (non-hydrogen) atoms. The number of nitrogens with zero attached hydrogens (tertiary/aromatic N) is 3. The topological polar surface area (TPSA) is 53.6 Å². The van der Waals surface area contributed by atoms with Crippen molar-refractivity contribution in [1.82, 2.24) is 14.9 Å². The largest absolute Gasteiger partial charge is 0.316 e. The van der Waals surface area contributed by atoms with E-state index in [1.165, 1.54) is 0 Å². The lowest BCUT2D eigenvalue weighted by molar-refractivity contribution is 0.805. The molecule has 1 N–H and O–H groups in total. The predicted molar refractivity (Wildman–Crippen MR) is 68.7 cm³/mol. The van der Waals surface area contributed by atoms with Crippen LogP contribution in [0.1, 0.15) is 11.4 Å². The third-order valence-corrected chi connectivity index (χ3v) is 2.90. The van der Waals surface area contributed by atoms with E-state index >= 15 is 0 Å². The zero-order chi connectivity index (χ0) is 12.3. The van der Waals surface area contributed by atoms with Crippen LogP contribution in [0.25, 0.3) is 5.69 Å². The summed E-state index contributed by atoms with van der Waals surface area (Å²) in [5, 5.41) is 12.1. The summed E-state index contributed by atoms with van der Waals surface area (Å²) in [6.45, 7) is 0.734. The quantitative estimate of drug-likeness (QED) is 0.943. The summed E-state index contributed by atoms with van der Waals surface area (Å²) in [6, 6.07) is 8.04. The maximum Gasteiger partial charge on any atom is 0.217 e. The Morgan fingerprint density at radius 2 is 2.35 bits per heavy atom. The summed E-state index contributed by atoms with van der Waals surface area (Å²) in [7, 11) is 1.89. The van der Waals surface area contributed by atoms with Gasteiger partial charge in [-0.2, -0.15) is 5.26 Å². The van der Waals surface area contributed by atoms with Gasteiger partial charge >= 0.3 is 0 Å². The molecule has 0 atom stereocenters. The number of hydrogen-bond acceptors (Lipinski definition) is 3. The second-order valence-electron chi connectivity index (χ2n) is 3.54. The highest BCUT2D eigenvalue weighted by Gasteiger charge is 2.08. The van der Waals surface area contributed by atoms with E-state index in [4.69, 9.17) is 5.26 Å². The zero-order valence-corrected chi connectivity index (χ0v) is 10.9. The number of halogens is 1. The molecule has 0 saturated carbocycles. The summed E-state index contributed by atoms with van der Waals surface area (Å²) in [6.07, 6.45) is 3.42. The zero-order valence-electron chi connectivity index (χ0n) is 9.31. The molecule has 0 amide bonds. The molecule has 0 unspecified atom stereocenters. The molecule has 0 spiro atoms. The van der Waals surface area contributed by atoms with Crippen LogP contribution in [0.15, 0.2) is 35.1 Å². The van der Waals surface area contributed by atoms with Crippen molar-refractivity contribution < 1.29 is 0 Å². The van der Waals surface area contributed by atoms with E-state index in [0.717, 1.165) is 22.3 Å². The minimum atomic E-state index is 0.393. The van der Waals surface area contributed by atoms with E-state index in [1.54, 1.807) is 17.0 Å². The van der Waals surface area contributed by atoms with Crippen LogP contribution in [-0.4, -0.2) is 16.6 Å². The van der Waals surface area contributed by atoms with Gasteiger partial charge in [0.15, 0.2) is 0 Å². The molecule has 1 aromatic carbocycles. The van der Waals surface area contributed by atoms with Gasteiger partial charge in [0, 0.05) is 23.4 Å². The van der Waals surface area contributed by atoms with E-state index in [0.29, 0.717) is 5.82 Å². The van der Waals surface area contributed by atoms with Crippen LogP contribution < -0.4 is 5.32 Å². The number of nitriles is 1. The second-order valence-corrected chi connectivity index (χ2v) is 4.45. The van der Waals surface area contributed by atoms with Crippen molar-refractivity contribution in [3.63, 3.8) is 0 Å². The first kappa shape index (κ1) is 11.8. The number of nitrogens with one attached hydrogen (secondary N) is 1. The first-order valence-electron chi connectivity index (χ1n) is 5.13. The third kappa shape index (κ3) is 2.38. The number of hydrogen-bond donors (Lipinski definition) is 1. The molecule has 86 valence electrons. The fourth-order valence-electron chi connectivity index (χ4n) is 1.70. The van der Waals surface area contributed by atoms with Gasteiger partial charge in [-0.25, -0.2) is 4.98 Å². The molecule has 0 aliphatic carbocycles. The van der Waals surface area contributed by atoms with Gasteiger partial charge in [0.25, 0.3) is 0 Å². The van der Waals surface area contributed by atoms with Gasteiger partial charge in [0.05, 0.1) is 5.69 Å². The molecule has 4 nitrogen and oxygen atoms in total. The molecule has 5 heteroatoms. The van der Waals surface area contributed by atoms with E-state index in [2.05, 4.69) is 32.3 Å². The van der Waals surface area contributed by atoms with Crippen molar-refractivity contribution in [1.29, 1.82) is 5.26 Å². The molecule has 1 heterocycles. The average molecular weight is 291 g/mol. The summed E-state index contributed by atoms with van der Waals surface area (Å²) < 4.78 is 2.81. The van der Waals surface area contributed by atoms with Crippen molar-refractivity contribution in [3.05, 3.63) is 46.5 Å². The van der Waals surface area contributed by atoms with Crippen molar-refractivity contribution in [2.45, 2.75) is 6.54 Å². The maximum atomic E-state index is 8.99. The lowest BCUT2D eigenvalue weighted by atomic mass is 10.1. The highest BCUT2D eigenvalue weighted by molar-refractivity contribution is 9.10. The number of imidazole rings is 1. The van der Waals surface area contributed by atoms with Crippen molar-refractivity contribution in [2.75, 3.05) is 7.05 Å². The third-order valence-electron chi connectivity index (χ3n) is 2.41. The maximum absolute atomic E-state index is 8.99. The Labute approximate surface area is 108 Å². The standard InChI is InChI=1S/C12H11BrN4/c1-15-8-9-6-10(13)2-3-11(9)17-5-4-16-12(17)7-14/h2-6,15H,8H2,1H3. The van der Waals surface area contributed by atoms with Gasteiger partial charge in [0.1, 0.15) is 6.07 Å². The summed E-state index contributed by atoms with van der Waals surface area (Å²) >= 11 is 3.45. The number of rotatable bonds is 3. The van der Waals surface area contributed by atoms with E-state index in [1.807, 2.05) is 25.2 Å². The van der Waals surface area contributed by atoms with Crippen LogP contribution in [0.2, 0.25) is 0 Å². The summed E-state index contributed by atoms with van der Waals surface area (Å²) in [5.41, 5.74) is 2.08. The van der Waals surface area contributed by atoms with Gasteiger partial charge in [-0.05, 0) is 30.8 Å². The SMILES string of the molecule is CNCc1cc(Br)ccc1-n1ccnc1C#N. The Bertz CT molecular complexity index is 568. The molecule has 0 saturated heterocycles. The lowest BCUT2D eigenvalue weighted by Crippen LogP contribution is -2.09. The van der Waals surface area contributed by atoms with Crippen LogP contribution >= 0.6 is 15.9 Å². The summed E-state index contributed by atoms with van der Waals surface area (Å²) in [4.78, 5) is 4.00. The smallest absolute Gasteiger partial charge is 0.217 e. The first-order valence-corrected chi connectivity index (χ1v) is 5.92. The van der Waals surface area contributed by atoms with Crippen molar-refractivity contribution in [3.8, 4) is 11.8 Å². The monoisotopic (exact) mass is 290 g/mol. The second kappa shape index (κ2) is 5.13.